The molecule has 1 aromatic carbocycles. The van der Waals surface area contributed by atoms with Crippen molar-refractivity contribution in [2.24, 2.45) is 0 Å². The summed E-state index contributed by atoms with van der Waals surface area (Å²) in [6.45, 7) is -0.0894. The Balaban J connectivity index is 2.54. The normalized spacial score (nSPS) is 10.3. The SMILES string of the molecule is O=C(O)Nc1cc2c(CO)cccc2cn1. The largest absolute Gasteiger partial charge is 0.465 e. The molecule has 0 atom stereocenters. The Morgan fingerprint density at radius 1 is 1.44 bits per heavy atom. The first-order chi connectivity index (χ1) is 7.70. The lowest BCUT2D eigenvalue weighted by Gasteiger charge is -2.05. The molecule has 3 N–H and O–H groups in total. The summed E-state index contributed by atoms with van der Waals surface area (Å²) in [5.41, 5.74) is 0.744. The first-order valence-electron chi connectivity index (χ1n) is 4.69. The number of amides is 1. The van der Waals surface area contributed by atoms with E-state index < -0.39 is 6.09 Å². The molecule has 0 aliphatic heterocycles. The van der Waals surface area contributed by atoms with Crippen LogP contribution < -0.4 is 5.32 Å². The Bertz CT molecular complexity index is 540. The minimum Gasteiger partial charge on any atom is -0.465 e. The Labute approximate surface area is 91.4 Å². The van der Waals surface area contributed by atoms with Gasteiger partial charge in [0.15, 0.2) is 0 Å². The lowest BCUT2D eigenvalue weighted by atomic mass is 10.1. The Morgan fingerprint density at radius 2 is 2.25 bits per heavy atom. The van der Waals surface area contributed by atoms with Gasteiger partial charge in [0.2, 0.25) is 0 Å². The highest BCUT2D eigenvalue weighted by Gasteiger charge is 2.04. The summed E-state index contributed by atoms with van der Waals surface area (Å²) in [6.07, 6.45) is 0.410. The molecule has 0 aliphatic carbocycles. The molecule has 0 radical (unpaired) electrons. The third kappa shape index (κ3) is 1.94. The van der Waals surface area contributed by atoms with Crippen molar-refractivity contribution >= 4 is 22.7 Å². The molecule has 0 saturated heterocycles. The van der Waals surface area contributed by atoms with Gasteiger partial charge in [-0.25, -0.2) is 9.78 Å². The zero-order valence-electron chi connectivity index (χ0n) is 8.34. The Hall–Kier alpha value is -2.14. The molecule has 0 unspecified atom stereocenters. The van der Waals surface area contributed by atoms with E-state index in [1.54, 1.807) is 18.3 Å². The van der Waals surface area contributed by atoms with Crippen molar-refractivity contribution in [3.05, 3.63) is 36.0 Å². The summed E-state index contributed by atoms with van der Waals surface area (Å²) >= 11 is 0. The topological polar surface area (TPSA) is 82.5 Å². The maximum atomic E-state index is 10.5. The van der Waals surface area contributed by atoms with Crippen LogP contribution in [0.3, 0.4) is 0 Å². The number of hydrogen-bond donors (Lipinski definition) is 3. The van der Waals surface area contributed by atoms with Gasteiger partial charge >= 0.3 is 6.09 Å². The van der Waals surface area contributed by atoms with Crippen molar-refractivity contribution in [2.45, 2.75) is 6.61 Å². The van der Waals surface area contributed by atoms with E-state index >= 15 is 0 Å². The number of benzene rings is 1. The first kappa shape index (κ1) is 10.4. The van der Waals surface area contributed by atoms with Gasteiger partial charge in [-0.3, -0.25) is 5.32 Å². The maximum Gasteiger partial charge on any atom is 0.410 e. The number of hydrogen-bond acceptors (Lipinski definition) is 3. The quantitative estimate of drug-likeness (QED) is 0.718. The second-order valence-corrected chi connectivity index (χ2v) is 3.30. The average molecular weight is 218 g/mol. The fourth-order valence-corrected chi connectivity index (χ4v) is 1.55. The number of rotatable bonds is 2. The lowest BCUT2D eigenvalue weighted by molar-refractivity contribution is 0.209. The van der Waals surface area contributed by atoms with Crippen LogP contribution in [0.4, 0.5) is 10.6 Å². The highest BCUT2D eigenvalue weighted by molar-refractivity contribution is 5.90. The molecule has 1 heterocycles. The number of anilines is 1. The zero-order valence-corrected chi connectivity index (χ0v) is 8.34. The van der Waals surface area contributed by atoms with Crippen LogP contribution in [0.5, 0.6) is 0 Å². The molecule has 2 aromatic rings. The minimum absolute atomic E-state index is 0.0894. The number of aromatic nitrogens is 1. The van der Waals surface area contributed by atoms with E-state index in [-0.39, 0.29) is 12.4 Å². The minimum atomic E-state index is -1.16. The van der Waals surface area contributed by atoms with Crippen molar-refractivity contribution in [1.29, 1.82) is 0 Å². The van der Waals surface area contributed by atoms with Crippen molar-refractivity contribution in [3.63, 3.8) is 0 Å². The number of carboxylic acid groups (broad SMARTS) is 1. The van der Waals surface area contributed by atoms with Crippen LogP contribution >= 0.6 is 0 Å². The third-order valence-corrected chi connectivity index (χ3v) is 2.26. The number of fused-ring (bicyclic) bond motifs is 1. The predicted octanol–water partition coefficient (Wildman–Crippen LogP) is 1.82. The molecule has 0 fully saturated rings. The van der Waals surface area contributed by atoms with Crippen LogP contribution in [0.2, 0.25) is 0 Å². The number of carbonyl (C=O) groups is 1. The van der Waals surface area contributed by atoms with E-state index in [4.69, 9.17) is 10.2 Å². The monoisotopic (exact) mass is 218 g/mol. The summed E-state index contributed by atoms with van der Waals surface area (Å²) in [5, 5.41) is 21.5. The van der Waals surface area contributed by atoms with Gasteiger partial charge in [-0.05, 0) is 17.0 Å². The van der Waals surface area contributed by atoms with Gasteiger partial charge in [0.05, 0.1) is 6.61 Å². The fraction of sp³-hybridized carbons (Fsp3) is 0.0909. The second kappa shape index (κ2) is 4.16. The van der Waals surface area contributed by atoms with Crippen LogP contribution in [0.1, 0.15) is 5.56 Å². The Kier molecular flexibility index (Phi) is 2.70. The second-order valence-electron chi connectivity index (χ2n) is 3.30. The zero-order chi connectivity index (χ0) is 11.5. The van der Waals surface area contributed by atoms with Gasteiger partial charge < -0.3 is 10.2 Å². The van der Waals surface area contributed by atoms with Crippen LogP contribution in [0.15, 0.2) is 30.5 Å². The molecule has 5 heteroatoms. The number of nitrogens with one attached hydrogen (secondary N) is 1. The van der Waals surface area contributed by atoms with Gasteiger partial charge in [-0.1, -0.05) is 18.2 Å². The van der Waals surface area contributed by atoms with Gasteiger partial charge in [0, 0.05) is 11.6 Å². The van der Waals surface area contributed by atoms with Crippen LogP contribution in [-0.4, -0.2) is 21.3 Å². The molecule has 5 nitrogen and oxygen atoms in total. The van der Waals surface area contributed by atoms with Crippen LogP contribution in [-0.2, 0) is 6.61 Å². The highest BCUT2D eigenvalue weighted by Crippen LogP contribution is 2.20. The van der Waals surface area contributed by atoms with Crippen molar-refractivity contribution < 1.29 is 15.0 Å². The van der Waals surface area contributed by atoms with E-state index in [9.17, 15) is 4.79 Å². The standard InChI is InChI=1S/C11H10N2O3/c14-6-8-3-1-2-7-5-12-10(4-9(7)8)13-11(15)16/h1-5,14H,6H2,(H,12,13)(H,15,16). The molecule has 1 aromatic heterocycles. The van der Waals surface area contributed by atoms with Crippen molar-refractivity contribution in [1.82, 2.24) is 4.98 Å². The molecular formula is C11H10N2O3. The average Bonchev–Trinajstić information content (AvgIpc) is 2.27. The van der Waals surface area contributed by atoms with Crippen molar-refractivity contribution in [2.75, 3.05) is 5.32 Å². The summed E-state index contributed by atoms with van der Waals surface area (Å²) in [4.78, 5) is 14.4. The smallest absolute Gasteiger partial charge is 0.410 e. The summed E-state index contributed by atoms with van der Waals surface area (Å²) in [6, 6.07) is 7.06. The molecule has 2 rings (SSSR count). The molecule has 0 spiro atoms. The Morgan fingerprint density at radius 3 is 2.94 bits per heavy atom. The highest BCUT2D eigenvalue weighted by atomic mass is 16.4. The van der Waals surface area contributed by atoms with E-state index in [0.717, 1.165) is 16.3 Å². The molecular weight excluding hydrogens is 208 g/mol. The van der Waals surface area contributed by atoms with Gasteiger partial charge in [0.1, 0.15) is 5.82 Å². The number of aliphatic hydroxyl groups excluding tert-OH is 1. The molecule has 0 aliphatic rings. The van der Waals surface area contributed by atoms with Crippen molar-refractivity contribution in [3.8, 4) is 0 Å². The predicted molar refractivity (Wildman–Crippen MR) is 59.3 cm³/mol. The summed E-state index contributed by atoms with van der Waals surface area (Å²) in [5.74, 6) is 0.251. The van der Waals surface area contributed by atoms with Gasteiger partial charge in [-0.15, -0.1) is 0 Å². The summed E-state index contributed by atoms with van der Waals surface area (Å²) < 4.78 is 0. The van der Waals surface area contributed by atoms with Gasteiger partial charge in [0.25, 0.3) is 0 Å². The molecule has 1 amide bonds. The van der Waals surface area contributed by atoms with Crippen LogP contribution in [0.25, 0.3) is 10.8 Å². The van der Waals surface area contributed by atoms with E-state index in [1.165, 1.54) is 0 Å². The molecule has 0 bridgehead atoms. The number of pyridine rings is 1. The lowest BCUT2D eigenvalue weighted by Crippen LogP contribution is -2.08. The molecule has 16 heavy (non-hydrogen) atoms. The van der Waals surface area contributed by atoms with E-state index in [2.05, 4.69) is 10.3 Å². The fourth-order valence-electron chi connectivity index (χ4n) is 1.55. The maximum absolute atomic E-state index is 10.5. The number of nitrogens with zero attached hydrogens (tertiary/aromatic N) is 1. The molecule has 82 valence electrons. The number of aliphatic hydroxyl groups is 1. The molecule has 0 saturated carbocycles. The summed E-state index contributed by atoms with van der Waals surface area (Å²) in [7, 11) is 0. The van der Waals surface area contributed by atoms with E-state index in [0.29, 0.717) is 0 Å². The third-order valence-electron chi connectivity index (χ3n) is 2.26. The van der Waals surface area contributed by atoms with Crippen LogP contribution in [0, 0.1) is 0 Å². The van der Waals surface area contributed by atoms with E-state index in [1.807, 2.05) is 12.1 Å². The first-order valence-corrected chi connectivity index (χ1v) is 4.69. The van der Waals surface area contributed by atoms with Gasteiger partial charge in [-0.2, -0.15) is 0 Å².